The topological polar surface area (TPSA) is 40.1 Å². The van der Waals surface area contributed by atoms with Crippen molar-refractivity contribution < 1.29 is 8.76 Å². The summed E-state index contributed by atoms with van der Waals surface area (Å²) in [7, 11) is 0. The highest BCUT2D eigenvalue weighted by Crippen LogP contribution is 2.13. The van der Waals surface area contributed by atoms with E-state index in [0.29, 0.717) is 6.42 Å². The van der Waals surface area contributed by atoms with Crippen LogP contribution in [0, 0.1) is 11.2 Å². The summed E-state index contributed by atoms with van der Waals surface area (Å²) < 4.78 is 20.3. The van der Waals surface area contributed by atoms with E-state index in [1.54, 1.807) is 0 Å². The Morgan fingerprint density at radius 2 is 1.10 bits per heavy atom. The predicted molar refractivity (Wildman–Crippen MR) is 91.6 cm³/mol. The van der Waals surface area contributed by atoms with Gasteiger partial charge in [0.2, 0.25) is 0 Å². The van der Waals surface area contributed by atoms with Crippen molar-refractivity contribution in [2.45, 2.75) is 103 Å². The van der Waals surface area contributed by atoms with E-state index in [2.05, 4.69) is 18.1 Å². The molecule has 0 aliphatic heterocycles. The minimum atomic E-state index is -2.19. The molecule has 1 atom stereocenters. The number of hydrogen-bond acceptors (Lipinski definition) is 2. The number of unbranched alkanes of at least 4 members (excludes halogenated alkanes) is 14. The zero-order valence-corrected chi connectivity index (χ0v) is 14.6. The maximum Gasteiger partial charge on any atom is 0.0247 e. The first-order chi connectivity index (χ1) is 10.3. The van der Waals surface area contributed by atoms with Gasteiger partial charge in [0.25, 0.3) is 0 Å². The first-order valence-corrected chi connectivity index (χ1v) is 9.92. The Kier molecular flexibility index (Phi) is 17.4. The summed E-state index contributed by atoms with van der Waals surface area (Å²) in [5.41, 5.74) is 0. The zero-order valence-electron chi connectivity index (χ0n) is 13.8. The lowest BCUT2D eigenvalue weighted by molar-refractivity contribution is 0.536. The second-order valence-electron chi connectivity index (χ2n) is 5.86. The van der Waals surface area contributed by atoms with E-state index in [9.17, 15) is 8.76 Å². The Hall–Kier alpha value is -0.330. The van der Waals surface area contributed by atoms with Gasteiger partial charge >= 0.3 is 0 Å². The molecule has 0 aromatic heterocycles. The lowest BCUT2D eigenvalue weighted by Crippen LogP contribution is -1.83. The summed E-state index contributed by atoms with van der Waals surface area (Å²) in [6.07, 6.45) is 19.5. The smallest absolute Gasteiger partial charge is 0.0247 e. The summed E-state index contributed by atoms with van der Waals surface area (Å²) in [6, 6.07) is 0. The van der Waals surface area contributed by atoms with Crippen molar-refractivity contribution in [3.63, 3.8) is 0 Å². The van der Waals surface area contributed by atoms with Crippen molar-refractivity contribution in [1.82, 2.24) is 0 Å². The minimum Gasteiger partial charge on any atom is -0.762 e. The van der Waals surface area contributed by atoms with E-state index < -0.39 is 11.1 Å². The second-order valence-corrected chi connectivity index (χ2v) is 6.53. The monoisotopic (exact) mass is 313 g/mol. The second kappa shape index (κ2) is 17.7. The Bertz CT molecular complexity index is 291. The van der Waals surface area contributed by atoms with E-state index >= 15 is 0 Å². The van der Waals surface area contributed by atoms with Gasteiger partial charge in [-0.3, -0.25) is 4.21 Å². The highest BCUT2D eigenvalue weighted by atomic mass is 32.2. The van der Waals surface area contributed by atoms with Gasteiger partial charge < -0.3 is 4.55 Å². The van der Waals surface area contributed by atoms with E-state index in [1.165, 1.54) is 83.5 Å². The Morgan fingerprint density at radius 1 is 0.714 bits per heavy atom. The molecular weight excluding hydrogens is 280 g/mol. The lowest BCUT2D eigenvalue weighted by atomic mass is 10.0. The van der Waals surface area contributed by atoms with Crippen LogP contribution in [0.4, 0.5) is 0 Å². The van der Waals surface area contributed by atoms with Crippen LogP contribution in [0.3, 0.4) is 0 Å². The molecule has 21 heavy (non-hydrogen) atoms. The van der Waals surface area contributed by atoms with Crippen LogP contribution in [0.2, 0.25) is 0 Å². The molecule has 0 heterocycles. The molecule has 0 aliphatic carbocycles. The maximum atomic E-state index is 10.2. The fourth-order valence-electron chi connectivity index (χ4n) is 2.52. The average molecular weight is 314 g/mol. The van der Waals surface area contributed by atoms with Crippen LogP contribution in [0.5, 0.6) is 0 Å². The maximum absolute atomic E-state index is 10.2. The van der Waals surface area contributed by atoms with Gasteiger partial charge in [-0.1, -0.05) is 96.3 Å². The Labute approximate surface area is 134 Å². The summed E-state index contributed by atoms with van der Waals surface area (Å²) in [5.74, 6) is 2.67. The Balaban J connectivity index is 3.03. The largest absolute Gasteiger partial charge is 0.762 e. The first-order valence-electron chi connectivity index (χ1n) is 8.85. The molecule has 0 saturated carbocycles. The van der Waals surface area contributed by atoms with Crippen LogP contribution in [-0.2, 0) is 11.1 Å². The van der Waals surface area contributed by atoms with Crippen molar-refractivity contribution in [2.75, 3.05) is 0 Å². The van der Waals surface area contributed by atoms with Crippen LogP contribution in [0.15, 0.2) is 0 Å². The van der Waals surface area contributed by atoms with Crippen molar-refractivity contribution >= 4 is 11.1 Å². The minimum absolute atomic E-state index is 0.714. The molecular formula is C18H33O2S-. The molecule has 0 saturated heterocycles. The van der Waals surface area contributed by atoms with Crippen LogP contribution < -0.4 is 0 Å². The van der Waals surface area contributed by atoms with Gasteiger partial charge in [-0.15, -0.1) is 0 Å². The van der Waals surface area contributed by atoms with E-state index in [4.69, 9.17) is 0 Å². The van der Waals surface area contributed by atoms with Gasteiger partial charge in [-0.05, 0) is 11.7 Å². The molecule has 0 amide bonds. The van der Waals surface area contributed by atoms with E-state index in [1.807, 2.05) is 0 Å². The molecule has 0 aliphatic rings. The molecule has 0 rings (SSSR count). The first kappa shape index (κ1) is 20.7. The molecule has 2 nitrogen and oxygen atoms in total. The SMILES string of the molecule is CCCCCCCCCCCCCCCCC#CS(=O)[O-]. The molecule has 0 aromatic rings. The summed E-state index contributed by atoms with van der Waals surface area (Å²) >= 11 is -2.19. The van der Waals surface area contributed by atoms with Gasteiger partial charge in [-0.25, -0.2) is 0 Å². The van der Waals surface area contributed by atoms with Crippen molar-refractivity contribution in [3.8, 4) is 11.2 Å². The summed E-state index contributed by atoms with van der Waals surface area (Å²) in [4.78, 5) is 0. The molecule has 0 spiro atoms. The fraction of sp³-hybridized carbons (Fsp3) is 0.889. The molecule has 3 heteroatoms. The number of hydrogen-bond donors (Lipinski definition) is 0. The van der Waals surface area contributed by atoms with E-state index in [0.717, 1.165) is 6.42 Å². The Morgan fingerprint density at radius 3 is 1.48 bits per heavy atom. The van der Waals surface area contributed by atoms with Gasteiger partial charge in [0.15, 0.2) is 0 Å². The average Bonchev–Trinajstić information content (AvgIpc) is 2.46. The standard InChI is InChI=1S/C18H34O2S/c1-2-3-4-5-6-7-8-9-10-11-12-13-14-15-16-17-18-21(19)20/h2-16H2,1H3,(H,19,20)/p-1. The zero-order chi connectivity index (χ0) is 15.6. The molecule has 0 fully saturated rings. The van der Waals surface area contributed by atoms with Gasteiger partial charge in [0, 0.05) is 17.5 Å². The highest BCUT2D eigenvalue weighted by molar-refractivity contribution is 7.84. The lowest BCUT2D eigenvalue weighted by Gasteiger charge is -2.02. The van der Waals surface area contributed by atoms with E-state index in [-0.39, 0.29) is 0 Å². The van der Waals surface area contributed by atoms with Crippen molar-refractivity contribution in [2.24, 2.45) is 0 Å². The fourth-order valence-corrected chi connectivity index (χ4v) is 2.74. The van der Waals surface area contributed by atoms with Gasteiger partial charge in [0.1, 0.15) is 0 Å². The predicted octanol–water partition coefficient (Wildman–Crippen LogP) is 5.70. The molecule has 124 valence electrons. The highest BCUT2D eigenvalue weighted by Gasteiger charge is 1.93. The van der Waals surface area contributed by atoms with Crippen LogP contribution in [0.1, 0.15) is 103 Å². The quantitative estimate of drug-likeness (QED) is 0.234. The summed E-state index contributed by atoms with van der Waals surface area (Å²) in [5, 5.41) is 2.16. The molecule has 1 unspecified atom stereocenters. The molecule has 0 aromatic carbocycles. The van der Waals surface area contributed by atoms with Crippen LogP contribution >= 0.6 is 0 Å². The summed E-state index contributed by atoms with van der Waals surface area (Å²) in [6.45, 7) is 2.27. The third-order valence-electron chi connectivity index (χ3n) is 3.81. The number of rotatable bonds is 14. The molecule has 0 radical (unpaired) electrons. The van der Waals surface area contributed by atoms with Gasteiger partial charge in [0.05, 0.1) is 0 Å². The van der Waals surface area contributed by atoms with Gasteiger partial charge in [-0.2, -0.15) is 0 Å². The van der Waals surface area contributed by atoms with Crippen LogP contribution in [-0.4, -0.2) is 8.76 Å². The van der Waals surface area contributed by atoms with Crippen LogP contribution in [0.25, 0.3) is 0 Å². The van der Waals surface area contributed by atoms with Crippen molar-refractivity contribution in [1.29, 1.82) is 0 Å². The van der Waals surface area contributed by atoms with Crippen molar-refractivity contribution in [3.05, 3.63) is 0 Å². The third kappa shape index (κ3) is 19.7. The molecule has 0 N–H and O–H groups in total. The molecule has 0 bridgehead atoms. The normalized spacial score (nSPS) is 11.9. The third-order valence-corrected chi connectivity index (χ3v) is 4.12.